The van der Waals surface area contributed by atoms with Crippen molar-refractivity contribution in [2.24, 2.45) is 0 Å². The van der Waals surface area contributed by atoms with Crippen molar-refractivity contribution >= 4 is 47.2 Å². The first-order valence-corrected chi connectivity index (χ1v) is 10.9. The first kappa shape index (κ1) is 21.6. The molecule has 0 atom stereocenters. The van der Waals surface area contributed by atoms with E-state index in [1.807, 2.05) is 34.0 Å². The predicted molar refractivity (Wildman–Crippen MR) is 111 cm³/mol. The number of carbonyl (C=O) groups is 2. The molecule has 0 N–H and O–H groups in total. The summed E-state index contributed by atoms with van der Waals surface area (Å²) in [5.74, 6) is -0.739. The van der Waals surface area contributed by atoms with E-state index >= 15 is 0 Å². The number of esters is 1. The molecule has 0 fully saturated rings. The molecule has 0 saturated heterocycles. The van der Waals surface area contributed by atoms with Crippen molar-refractivity contribution in [1.82, 2.24) is 14.7 Å². The highest BCUT2D eigenvalue weighted by Gasteiger charge is 2.21. The van der Waals surface area contributed by atoms with Crippen molar-refractivity contribution < 1.29 is 14.3 Å². The van der Waals surface area contributed by atoms with Gasteiger partial charge in [0.25, 0.3) is 5.91 Å². The van der Waals surface area contributed by atoms with Crippen LogP contribution in [0.1, 0.15) is 38.1 Å². The molecular weight excluding hydrogens is 402 g/mol. The fraction of sp³-hybridized carbons (Fsp3) is 0.444. The van der Waals surface area contributed by atoms with Crippen molar-refractivity contribution in [3.8, 4) is 5.69 Å². The topological polar surface area (TPSA) is 64.4 Å². The second kappa shape index (κ2) is 9.48. The van der Waals surface area contributed by atoms with Crippen LogP contribution in [0, 0.1) is 3.95 Å². The summed E-state index contributed by atoms with van der Waals surface area (Å²) in [5, 5.41) is 4.41. The minimum absolute atomic E-state index is 0.0457. The molecule has 1 amide bonds. The number of carbonyl (C=O) groups excluding carboxylic acids is 2. The maximum Gasteiger partial charge on any atom is 0.338 e. The molecule has 0 aliphatic rings. The zero-order valence-corrected chi connectivity index (χ0v) is 18.4. The molecule has 0 spiro atoms. The Balaban J connectivity index is 2.04. The Labute approximate surface area is 172 Å². The summed E-state index contributed by atoms with van der Waals surface area (Å²) in [7, 11) is 0. The molecule has 9 heteroatoms. The molecule has 2 aromatic rings. The zero-order chi connectivity index (χ0) is 20.1. The van der Waals surface area contributed by atoms with Crippen LogP contribution in [0.15, 0.2) is 28.6 Å². The number of hydrogen-bond acceptors (Lipinski definition) is 7. The molecule has 6 nitrogen and oxygen atoms in total. The number of hydrogen-bond donors (Lipinski definition) is 0. The minimum atomic E-state index is -0.533. The first-order chi connectivity index (χ1) is 12.7. The molecule has 0 bridgehead atoms. The molecule has 27 heavy (non-hydrogen) atoms. The van der Waals surface area contributed by atoms with E-state index in [0.29, 0.717) is 9.52 Å². The highest BCUT2D eigenvalue weighted by atomic mass is 32.2. The van der Waals surface area contributed by atoms with Gasteiger partial charge >= 0.3 is 5.97 Å². The van der Waals surface area contributed by atoms with Gasteiger partial charge in [-0.2, -0.15) is 0 Å². The molecule has 146 valence electrons. The van der Waals surface area contributed by atoms with Gasteiger partial charge in [-0.3, -0.25) is 4.79 Å². The van der Waals surface area contributed by atoms with Crippen molar-refractivity contribution in [1.29, 1.82) is 0 Å². The van der Waals surface area contributed by atoms with Crippen LogP contribution in [-0.2, 0) is 9.53 Å². The smallest absolute Gasteiger partial charge is 0.338 e. The second-order valence-corrected chi connectivity index (χ2v) is 9.04. The van der Waals surface area contributed by atoms with E-state index in [1.54, 1.807) is 33.8 Å². The molecule has 1 aromatic heterocycles. The highest BCUT2D eigenvalue weighted by molar-refractivity contribution is 8.00. The third kappa shape index (κ3) is 5.40. The van der Waals surface area contributed by atoms with Gasteiger partial charge in [-0.05, 0) is 70.4 Å². The van der Waals surface area contributed by atoms with Crippen LogP contribution in [-0.4, -0.2) is 51.5 Å². The number of benzene rings is 1. The van der Waals surface area contributed by atoms with Crippen LogP contribution in [0.25, 0.3) is 5.69 Å². The molecule has 0 radical (unpaired) electrons. The van der Waals surface area contributed by atoms with Gasteiger partial charge in [0.2, 0.25) is 0 Å². The van der Waals surface area contributed by atoms with E-state index < -0.39 is 5.97 Å². The third-order valence-electron chi connectivity index (χ3n) is 3.78. The van der Waals surface area contributed by atoms with E-state index in [9.17, 15) is 9.59 Å². The summed E-state index contributed by atoms with van der Waals surface area (Å²) in [6.45, 7) is 7.47. The summed E-state index contributed by atoms with van der Waals surface area (Å²) in [4.78, 5) is 26.2. The van der Waals surface area contributed by atoms with E-state index in [2.05, 4.69) is 5.10 Å². The normalized spacial score (nSPS) is 11.1. The van der Waals surface area contributed by atoms with E-state index in [4.69, 9.17) is 17.0 Å². The fourth-order valence-corrected chi connectivity index (χ4v) is 4.48. The standard InChI is InChI=1S/C18H23N3O3S3/c1-11(2)20(12(3)4)15(22)10-24-16(23)13-6-8-14(9-7-13)21-18(25)27-17(19-21)26-5/h6-9,11-12H,10H2,1-5H3. The minimum Gasteiger partial charge on any atom is -0.452 e. The molecule has 1 heterocycles. The summed E-state index contributed by atoms with van der Waals surface area (Å²) in [6.07, 6.45) is 1.94. The molecule has 2 rings (SSSR count). The number of ether oxygens (including phenoxy) is 1. The van der Waals surface area contributed by atoms with E-state index in [1.165, 1.54) is 23.1 Å². The number of rotatable bonds is 7. The van der Waals surface area contributed by atoms with Crippen LogP contribution in [0.4, 0.5) is 0 Å². The average molecular weight is 426 g/mol. The lowest BCUT2D eigenvalue weighted by Gasteiger charge is -2.30. The monoisotopic (exact) mass is 425 g/mol. The van der Waals surface area contributed by atoms with Gasteiger partial charge in [-0.15, -0.1) is 5.10 Å². The summed E-state index contributed by atoms with van der Waals surface area (Å²) in [6, 6.07) is 6.89. The largest absolute Gasteiger partial charge is 0.452 e. The highest BCUT2D eigenvalue weighted by Crippen LogP contribution is 2.22. The molecule has 0 unspecified atom stereocenters. The van der Waals surface area contributed by atoms with E-state index in [0.717, 1.165) is 10.0 Å². The van der Waals surface area contributed by atoms with Gasteiger partial charge in [-0.25, -0.2) is 9.48 Å². The van der Waals surface area contributed by atoms with Crippen molar-refractivity contribution in [2.45, 2.75) is 44.1 Å². The Morgan fingerprint density at radius 1 is 1.22 bits per heavy atom. The third-order valence-corrected chi connectivity index (χ3v) is 5.99. The van der Waals surface area contributed by atoms with Gasteiger partial charge < -0.3 is 9.64 Å². The van der Waals surface area contributed by atoms with Crippen LogP contribution in [0.2, 0.25) is 0 Å². The van der Waals surface area contributed by atoms with Crippen LogP contribution in [0.3, 0.4) is 0 Å². The molecule has 0 saturated carbocycles. The number of thioether (sulfide) groups is 1. The zero-order valence-electron chi connectivity index (χ0n) is 16.0. The van der Waals surface area contributed by atoms with Crippen molar-refractivity contribution in [2.75, 3.05) is 12.9 Å². The average Bonchev–Trinajstić information content (AvgIpc) is 3.00. The summed E-state index contributed by atoms with van der Waals surface area (Å²) >= 11 is 8.28. The van der Waals surface area contributed by atoms with Gasteiger partial charge in [-0.1, -0.05) is 23.1 Å². The Bertz CT molecular complexity index is 849. The Morgan fingerprint density at radius 3 is 2.30 bits per heavy atom. The molecule has 1 aromatic carbocycles. The molecular formula is C18H23N3O3S3. The van der Waals surface area contributed by atoms with Gasteiger partial charge in [0.05, 0.1) is 11.3 Å². The predicted octanol–water partition coefficient (Wildman–Crippen LogP) is 4.19. The van der Waals surface area contributed by atoms with Gasteiger partial charge in [0.1, 0.15) is 0 Å². The molecule has 0 aliphatic carbocycles. The lowest BCUT2D eigenvalue weighted by atomic mass is 10.2. The number of amides is 1. The van der Waals surface area contributed by atoms with Crippen LogP contribution < -0.4 is 0 Å². The van der Waals surface area contributed by atoms with Crippen LogP contribution >= 0.6 is 35.3 Å². The number of nitrogens with zero attached hydrogens (tertiary/aromatic N) is 3. The van der Waals surface area contributed by atoms with Crippen molar-refractivity contribution in [3.05, 3.63) is 33.8 Å². The SMILES string of the molecule is CSc1nn(-c2ccc(C(=O)OCC(=O)N(C(C)C)C(C)C)cc2)c(=S)s1. The Morgan fingerprint density at radius 2 is 1.81 bits per heavy atom. The Hall–Kier alpha value is -1.71. The summed E-state index contributed by atoms with van der Waals surface area (Å²) < 4.78 is 8.37. The van der Waals surface area contributed by atoms with E-state index in [-0.39, 0.29) is 24.6 Å². The van der Waals surface area contributed by atoms with Crippen molar-refractivity contribution in [3.63, 3.8) is 0 Å². The lowest BCUT2D eigenvalue weighted by Crippen LogP contribution is -2.44. The van der Waals surface area contributed by atoms with Gasteiger partial charge in [0, 0.05) is 12.1 Å². The lowest BCUT2D eigenvalue weighted by molar-refractivity contribution is -0.138. The first-order valence-electron chi connectivity index (χ1n) is 8.47. The summed E-state index contributed by atoms with van der Waals surface area (Å²) in [5.41, 5.74) is 1.15. The quantitative estimate of drug-likeness (QED) is 0.377. The second-order valence-electron chi connectivity index (χ2n) is 6.36. The maximum absolute atomic E-state index is 12.3. The Kier molecular flexibility index (Phi) is 7.58. The fourth-order valence-electron chi connectivity index (χ4n) is 2.70. The molecule has 0 aliphatic heterocycles. The number of aromatic nitrogens is 2. The van der Waals surface area contributed by atoms with Crippen LogP contribution in [0.5, 0.6) is 0 Å². The van der Waals surface area contributed by atoms with Gasteiger partial charge in [0.15, 0.2) is 14.9 Å². The maximum atomic E-state index is 12.3.